The van der Waals surface area contributed by atoms with Gasteiger partial charge in [-0.15, -0.1) is 0 Å². The summed E-state index contributed by atoms with van der Waals surface area (Å²) in [7, 11) is 1.63. The number of benzene rings is 1. The highest BCUT2D eigenvalue weighted by Gasteiger charge is 2.44. The van der Waals surface area contributed by atoms with Gasteiger partial charge in [0.05, 0.1) is 25.2 Å². The summed E-state index contributed by atoms with van der Waals surface area (Å²) in [5.41, 5.74) is 0.569. The number of carbonyl (C=O) groups excluding carboxylic acids is 1. The van der Waals surface area contributed by atoms with Gasteiger partial charge in [0.15, 0.2) is 0 Å². The minimum absolute atomic E-state index is 0.135. The Balaban J connectivity index is 1.55. The minimum atomic E-state index is -0.421. The van der Waals surface area contributed by atoms with E-state index < -0.39 is 11.7 Å². The smallest absolute Gasteiger partial charge is 0.226 e. The SMILES string of the molecule is COc1ccc(CC(=O)N2CCC3(CC2)OCCCC3O)cc1. The van der Waals surface area contributed by atoms with Crippen molar-refractivity contribution < 1.29 is 19.4 Å². The van der Waals surface area contributed by atoms with Gasteiger partial charge >= 0.3 is 0 Å². The fraction of sp³-hybridized carbons (Fsp3) is 0.611. The first-order valence-electron chi connectivity index (χ1n) is 8.36. The Morgan fingerprint density at radius 2 is 2.04 bits per heavy atom. The molecule has 0 radical (unpaired) electrons. The molecule has 2 aliphatic rings. The van der Waals surface area contributed by atoms with Crippen LogP contribution in [0.4, 0.5) is 0 Å². The number of hydrogen-bond acceptors (Lipinski definition) is 4. The van der Waals surface area contributed by atoms with E-state index in [1.54, 1.807) is 7.11 Å². The van der Waals surface area contributed by atoms with Gasteiger partial charge < -0.3 is 19.5 Å². The standard InChI is InChI=1S/C18H25NO4/c1-22-15-6-4-14(5-7-15)13-17(21)19-10-8-18(9-11-19)16(20)3-2-12-23-18/h4-7,16,20H,2-3,8-13H2,1H3. The summed E-state index contributed by atoms with van der Waals surface area (Å²) in [6.45, 7) is 2.04. The fourth-order valence-electron chi connectivity index (χ4n) is 3.55. The number of hydrogen-bond donors (Lipinski definition) is 1. The van der Waals surface area contributed by atoms with Crippen LogP contribution in [-0.2, 0) is 16.0 Å². The zero-order chi connectivity index (χ0) is 16.3. The second kappa shape index (κ2) is 6.89. The zero-order valence-electron chi connectivity index (χ0n) is 13.7. The van der Waals surface area contributed by atoms with Gasteiger partial charge in [0, 0.05) is 19.7 Å². The molecule has 1 amide bonds. The van der Waals surface area contributed by atoms with E-state index in [1.807, 2.05) is 29.2 Å². The molecule has 3 rings (SSSR count). The van der Waals surface area contributed by atoms with Crippen LogP contribution in [0.1, 0.15) is 31.2 Å². The van der Waals surface area contributed by atoms with Gasteiger partial charge in [-0.25, -0.2) is 0 Å². The van der Waals surface area contributed by atoms with Crippen molar-refractivity contribution in [3.63, 3.8) is 0 Å². The van der Waals surface area contributed by atoms with Crippen LogP contribution in [0.25, 0.3) is 0 Å². The summed E-state index contributed by atoms with van der Waals surface area (Å²) >= 11 is 0. The van der Waals surface area contributed by atoms with Gasteiger partial charge in [0.1, 0.15) is 5.75 Å². The van der Waals surface area contributed by atoms with Gasteiger partial charge in [-0.05, 0) is 43.4 Å². The molecule has 0 aliphatic carbocycles. The van der Waals surface area contributed by atoms with Crippen molar-refractivity contribution in [3.8, 4) is 5.75 Å². The van der Waals surface area contributed by atoms with Crippen molar-refractivity contribution in [3.05, 3.63) is 29.8 Å². The molecule has 1 N–H and O–H groups in total. The second-order valence-electron chi connectivity index (χ2n) is 6.48. The number of aliphatic hydroxyl groups is 1. The third kappa shape index (κ3) is 3.51. The first-order chi connectivity index (χ1) is 11.1. The lowest BCUT2D eigenvalue weighted by atomic mass is 9.82. The quantitative estimate of drug-likeness (QED) is 0.922. The van der Waals surface area contributed by atoms with Crippen molar-refractivity contribution >= 4 is 5.91 Å². The maximum absolute atomic E-state index is 12.5. The van der Waals surface area contributed by atoms with Gasteiger partial charge in [0.25, 0.3) is 0 Å². The van der Waals surface area contributed by atoms with Crippen molar-refractivity contribution in [1.82, 2.24) is 4.90 Å². The van der Waals surface area contributed by atoms with Gasteiger partial charge in [-0.1, -0.05) is 12.1 Å². The van der Waals surface area contributed by atoms with E-state index in [0.29, 0.717) is 19.5 Å². The summed E-state index contributed by atoms with van der Waals surface area (Å²) in [6.07, 6.45) is 3.18. The molecule has 1 aromatic rings. The average Bonchev–Trinajstić information content (AvgIpc) is 2.59. The maximum atomic E-state index is 12.5. The summed E-state index contributed by atoms with van der Waals surface area (Å²) in [6, 6.07) is 7.60. The first kappa shape index (κ1) is 16.3. The minimum Gasteiger partial charge on any atom is -0.497 e. The zero-order valence-corrected chi connectivity index (χ0v) is 13.7. The van der Waals surface area contributed by atoms with E-state index in [9.17, 15) is 9.90 Å². The largest absolute Gasteiger partial charge is 0.497 e. The van der Waals surface area contributed by atoms with Gasteiger partial charge in [-0.2, -0.15) is 0 Å². The van der Waals surface area contributed by atoms with Crippen LogP contribution in [0, 0.1) is 0 Å². The predicted molar refractivity (Wildman–Crippen MR) is 86.4 cm³/mol. The third-order valence-electron chi connectivity index (χ3n) is 5.10. The van der Waals surface area contributed by atoms with Crippen LogP contribution < -0.4 is 4.74 Å². The molecule has 1 atom stereocenters. The molecule has 2 fully saturated rings. The topological polar surface area (TPSA) is 59.0 Å². The highest BCUT2D eigenvalue weighted by molar-refractivity contribution is 5.79. The molecule has 23 heavy (non-hydrogen) atoms. The lowest BCUT2D eigenvalue weighted by Gasteiger charge is -2.46. The van der Waals surface area contributed by atoms with Crippen LogP contribution in [0.3, 0.4) is 0 Å². The molecule has 1 spiro atoms. The number of amides is 1. The van der Waals surface area contributed by atoms with Crippen LogP contribution in [0.5, 0.6) is 5.75 Å². The number of piperidine rings is 1. The lowest BCUT2D eigenvalue weighted by molar-refractivity contribution is -0.179. The number of aliphatic hydroxyl groups excluding tert-OH is 1. The van der Waals surface area contributed by atoms with E-state index in [2.05, 4.69) is 0 Å². The molecule has 5 nitrogen and oxygen atoms in total. The Morgan fingerprint density at radius 3 is 2.65 bits per heavy atom. The normalized spacial score (nSPS) is 23.7. The number of ether oxygens (including phenoxy) is 2. The molecular formula is C18H25NO4. The third-order valence-corrected chi connectivity index (χ3v) is 5.10. The number of likely N-dealkylation sites (tertiary alicyclic amines) is 1. The number of rotatable bonds is 3. The molecule has 0 saturated carbocycles. The molecule has 1 unspecified atom stereocenters. The highest BCUT2D eigenvalue weighted by atomic mass is 16.5. The maximum Gasteiger partial charge on any atom is 0.226 e. The van der Waals surface area contributed by atoms with Crippen molar-refractivity contribution in [2.24, 2.45) is 0 Å². The van der Waals surface area contributed by atoms with Crippen molar-refractivity contribution in [1.29, 1.82) is 0 Å². The molecule has 0 aromatic heterocycles. The van der Waals surface area contributed by atoms with Crippen LogP contribution in [0.2, 0.25) is 0 Å². The van der Waals surface area contributed by atoms with Gasteiger partial charge in [0.2, 0.25) is 5.91 Å². The monoisotopic (exact) mass is 319 g/mol. The highest BCUT2D eigenvalue weighted by Crippen LogP contribution is 2.35. The molecule has 0 bridgehead atoms. The van der Waals surface area contributed by atoms with Crippen LogP contribution in [0.15, 0.2) is 24.3 Å². The lowest BCUT2D eigenvalue weighted by Crippen LogP contribution is -2.56. The van der Waals surface area contributed by atoms with E-state index in [0.717, 1.165) is 43.6 Å². The molecule has 1 aromatic carbocycles. The van der Waals surface area contributed by atoms with Crippen LogP contribution >= 0.6 is 0 Å². The molecule has 5 heteroatoms. The molecule has 2 heterocycles. The predicted octanol–water partition coefficient (Wildman–Crippen LogP) is 1.77. The second-order valence-corrected chi connectivity index (χ2v) is 6.48. The van der Waals surface area contributed by atoms with Gasteiger partial charge in [-0.3, -0.25) is 4.79 Å². The van der Waals surface area contributed by atoms with E-state index in [4.69, 9.17) is 9.47 Å². The summed E-state index contributed by atoms with van der Waals surface area (Å²) in [5.74, 6) is 0.930. The Bertz CT molecular complexity index is 534. The van der Waals surface area contributed by atoms with E-state index >= 15 is 0 Å². The van der Waals surface area contributed by atoms with Crippen molar-refractivity contribution in [2.45, 2.75) is 43.8 Å². The molecular weight excluding hydrogens is 294 g/mol. The first-order valence-corrected chi connectivity index (χ1v) is 8.36. The number of methoxy groups -OCH3 is 1. The molecule has 2 aliphatic heterocycles. The summed E-state index contributed by atoms with van der Waals surface area (Å²) < 4.78 is 11.0. The number of nitrogens with zero attached hydrogens (tertiary/aromatic N) is 1. The summed E-state index contributed by atoms with van der Waals surface area (Å²) in [5, 5.41) is 10.3. The van der Waals surface area contributed by atoms with Crippen molar-refractivity contribution in [2.75, 3.05) is 26.8 Å². The van der Waals surface area contributed by atoms with E-state index in [-0.39, 0.29) is 5.91 Å². The molecule has 2 saturated heterocycles. The molecule has 126 valence electrons. The van der Waals surface area contributed by atoms with Crippen LogP contribution in [-0.4, -0.2) is 54.4 Å². The average molecular weight is 319 g/mol. The fourth-order valence-corrected chi connectivity index (χ4v) is 3.55. The Labute approximate surface area is 137 Å². The Morgan fingerprint density at radius 1 is 1.35 bits per heavy atom. The summed E-state index contributed by atoms with van der Waals surface area (Å²) in [4.78, 5) is 14.4. The Kier molecular flexibility index (Phi) is 4.87. The van der Waals surface area contributed by atoms with E-state index in [1.165, 1.54) is 0 Å². The number of carbonyl (C=O) groups is 1. The Hall–Kier alpha value is -1.59.